The first-order valence-corrected chi connectivity index (χ1v) is 10.4. The van der Waals surface area contributed by atoms with E-state index in [0.29, 0.717) is 10.2 Å². The maximum absolute atomic E-state index is 12.7. The lowest BCUT2D eigenvalue weighted by molar-refractivity contribution is -0.134. The van der Waals surface area contributed by atoms with Crippen molar-refractivity contribution < 1.29 is 17.9 Å². The molecule has 3 rings (SSSR count). The number of nitriles is 1. The highest BCUT2D eigenvalue weighted by molar-refractivity contribution is 9.10. The maximum atomic E-state index is 12.7. The van der Waals surface area contributed by atoms with Crippen molar-refractivity contribution >= 4 is 42.7 Å². The van der Waals surface area contributed by atoms with E-state index in [0.717, 1.165) is 15.1 Å². The van der Waals surface area contributed by atoms with E-state index >= 15 is 0 Å². The summed E-state index contributed by atoms with van der Waals surface area (Å²) in [6.45, 7) is -0.499. The molecule has 0 aliphatic carbocycles. The number of halogens is 1. The van der Waals surface area contributed by atoms with Crippen LogP contribution in [0.1, 0.15) is 5.56 Å². The second-order valence-corrected chi connectivity index (χ2v) is 8.75. The van der Waals surface area contributed by atoms with E-state index in [1.54, 1.807) is 12.1 Å². The highest BCUT2D eigenvalue weighted by Gasteiger charge is 2.26. The third kappa shape index (κ3) is 3.92. The third-order valence-corrected chi connectivity index (χ3v) is 6.78. The Morgan fingerprint density at radius 3 is 2.54 bits per heavy atom. The zero-order valence-electron chi connectivity index (χ0n) is 14.8. The first kappa shape index (κ1) is 20.0. The zero-order valence-corrected chi connectivity index (χ0v) is 17.2. The van der Waals surface area contributed by atoms with E-state index in [2.05, 4.69) is 15.9 Å². The number of carbonyl (C=O) groups excluding carboxylic acids is 1. The average molecular weight is 459 g/mol. The lowest BCUT2D eigenvalue weighted by atomic mass is 10.1. The van der Waals surface area contributed by atoms with E-state index in [9.17, 15) is 13.2 Å². The topological polar surface area (TPSA) is 87.5 Å². The summed E-state index contributed by atoms with van der Waals surface area (Å²) in [5, 5.41) is 11.0. The Kier molecular flexibility index (Phi) is 5.79. The van der Waals surface area contributed by atoms with E-state index in [-0.39, 0.29) is 10.5 Å². The molecule has 142 valence electrons. The number of fused-ring (bicyclic) bond motifs is 1. The van der Waals surface area contributed by atoms with Gasteiger partial charge in [0.25, 0.3) is 0 Å². The van der Waals surface area contributed by atoms with Gasteiger partial charge < -0.3 is 4.74 Å². The van der Waals surface area contributed by atoms with Crippen LogP contribution in [-0.4, -0.2) is 32.3 Å². The van der Waals surface area contributed by atoms with Gasteiger partial charge in [0.2, 0.25) is 10.0 Å². The number of hydrogen-bond donors (Lipinski definition) is 0. The van der Waals surface area contributed by atoms with Gasteiger partial charge in [-0.25, -0.2) is 8.42 Å². The van der Waals surface area contributed by atoms with Crippen LogP contribution in [0.15, 0.2) is 70.0 Å². The first-order chi connectivity index (χ1) is 13.3. The summed E-state index contributed by atoms with van der Waals surface area (Å²) in [6, 6.07) is 18.7. The van der Waals surface area contributed by atoms with E-state index in [4.69, 9.17) is 10.00 Å². The molecule has 0 atom stereocenters. The quantitative estimate of drug-likeness (QED) is 0.429. The molecule has 0 spiro atoms. The Bertz CT molecular complexity index is 1200. The summed E-state index contributed by atoms with van der Waals surface area (Å²) in [4.78, 5) is 12.2. The molecule has 0 aliphatic heterocycles. The number of nitrogens with zero attached hydrogens (tertiary/aromatic N) is 2. The molecular weight excluding hydrogens is 444 g/mol. The second-order valence-electron chi connectivity index (χ2n) is 5.94. The molecule has 0 unspecified atom stereocenters. The highest BCUT2D eigenvalue weighted by atomic mass is 79.9. The summed E-state index contributed by atoms with van der Waals surface area (Å²) >= 11 is 3.43. The molecule has 0 saturated carbocycles. The number of likely N-dealkylation sites (N-methyl/N-ethyl adjacent to an activating group) is 1. The number of carbonyl (C=O) groups is 1. The Hall–Kier alpha value is -2.73. The smallest absolute Gasteiger partial charge is 0.326 e. The lowest BCUT2D eigenvalue weighted by Gasteiger charge is -2.17. The third-order valence-electron chi connectivity index (χ3n) is 4.10. The molecule has 8 heteroatoms. The first-order valence-electron chi connectivity index (χ1n) is 8.18. The maximum Gasteiger partial charge on any atom is 0.326 e. The molecule has 0 aromatic heterocycles. The molecule has 0 N–H and O–H groups in total. The number of ether oxygens (including phenoxy) is 1. The van der Waals surface area contributed by atoms with Gasteiger partial charge in [-0.2, -0.15) is 9.57 Å². The van der Waals surface area contributed by atoms with Gasteiger partial charge in [0.1, 0.15) is 18.4 Å². The number of esters is 1. The molecule has 0 bridgehead atoms. The molecule has 0 aliphatic rings. The Balaban J connectivity index is 1.80. The van der Waals surface area contributed by atoms with Crippen LogP contribution in [-0.2, 0) is 14.8 Å². The molecule has 28 heavy (non-hydrogen) atoms. The van der Waals surface area contributed by atoms with E-state index in [1.165, 1.54) is 25.2 Å². The molecular formula is C20H15BrN2O4S. The van der Waals surface area contributed by atoms with E-state index in [1.807, 2.05) is 36.4 Å². The second kappa shape index (κ2) is 8.10. The Labute approximate surface area is 171 Å². The molecule has 0 heterocycles. The van der Waals surface area contributed by atoms with Crippen LogP contribution < -0.4 is 4.74 Å². The normalized spacial score (nSPS) is 11.4. The van der Waals surface area contributed by atoms with Gasteiger partial charge in [-0.15, -0.1) is 0 Å². The van der Waals surface area contributed by atoms with Crippen molar-refractivity contribution in [1.29, 1.82) is 5.26 Å². The van der Waals surface area contributed by atoms with Gasteiger partial charge in [-0.1, -0.05) is 42.5 Å². The number of benzene rings is 3. The monoisotopic (exact) mass is 458 g/mol. The molecule has 3 aromatic rings. The van der Waals surface area contributed by atoms with Gasteiger partial charge in [0.05, 0.1) is 14.9 Å². The summed E-state index contributed by atoms with van der Waals surface area (Å²) in [7, 11) is -2.75. The van der Waals surface area contributed by atoms with Gasteiger partial charge in [0.15, 0.2) is 0 Å². The summed E-state index contributed by atoms with van der Waals surface area (Å²) < 4.78 is 32.2. The van der Waals surface area contributed by atoms with Crippen LogP contribution in [0.2, 0.25) is 0 Å². The van der Waals surface area contributed by atoms with Crippen LogP contribution >= 0.6 is 15.9 Å². The minimum atomic E-state index is -4.02. The molecule has 0 fully saturated rings. The lowest BCUT2D eigenvalue weighted by Crippen LogP contribution is -2.34. The van der Waals surface area contributed by atoms with Crippen molar-refractivity contribution in [1.82, 2.24) is 4.31 Å². The largest absolute Gasteiger partial charge is 0.424 e. The average Bonchev–Trinajstić information content (AvgIpc) is 2.70. The van der Waals surface area contributed by atoms with Crippen LogP contribution in [0.5, 0.6) is 5.75 Å². The fraction of sp³-hybridized carbons (Fsp3) is 0.100. The van der Waals surface area contributed by atoms with Crippen LogP contribution in [0, 0.1) is 11.3 Å². The summed E-state index contributed by atoms with van der Waals surface area (Å²) in [6.07, 6.45) is 0. The van der Waals surface area contributed by atoms with Crippen molar-refractivity contribution in [2.75, 3.05) is 13.6 Å². The minimum absolute atomic E-state index is 0.0139. The van der Waals surface area contributed by atoms with Crippen molar-refractivity contribution in [3.63, 3.8) is 0 Å². The van der Waals surface area contributed by atoms with Gasteiger partial charge in [0, 0.05) is 7.05 Å². The summed E-state index contributed by atoms with van der Waals surface area (Å²) in [5.41, 5.74) is 0.0139. The van der Waals surface area contributed by atoms with Crippen molar-refractivity contribution in [2.24, 2.45) is 0 Å². The van der Waals surface area contributed by atoms with Crippen LogP contribution in [0.4, 0.5) is 0 Å². The standard InChI is InChI=1S/C20H15BrN2O4S/c1-23(28(25,26)18-9-5-3-7-15(18)12-22)13-19(24)27-17-11-10-14-6-2-4-8-16(14)20(17)21/h2-11H,13H2,1H3. The number of sulfonamides is 1. The van der Waals surface area contributed by atoms with Crippen LogP contribution in [0.25, 0.3) is 10.8 Å². The number of rotatable bonds is 5. The Morgan fingerprint density at radius 1 is 1.11 bits per heavy atom. The predicted octanol–water partition coefficient (Wildman–Crippen LogP) is 3.70. The highest BCUT2D eigenvalue weighted by Crippen LogP contribution is 2.33. The molecule has 3 aromatic carbocycles. The fourth-order valence-corrected chi connectivity index (χ4v) is 4.49. The van der Waals surface area contributed by atoms with Crippen molar-refractivity contribution in [3.05, 3.63) is 70.7 Å². The van der Waals surface area contributed by atoms with Crippen molar-refractivity contribution in [3.8, 4) is 11.8 Å². The fourth-order valence-electron chi connectivity index (χ4n) is 2.67. The van der Waals surface area contributed by atoms with Crippen LogP contribution in [0.3, 0.4) is 0 Å². The van der Waals surface area contributed by atoms with Gasteiger partial charge in [-0.3, -0.25) is 4.79 Å². The zero-order chi connectivity index (χ0) is 20.3. The molecule has 0 radical (unpaired) electrons. The Morgan fingerprint density at radius 2 is 1.79 bits per heavy atom. The molecule has 0 amide bonds. The van der Waals surface area contributed by atoms with Crippen molar-refractivity contribution in [2.45, 2.75) is 4.90 Å². The van der Waals surface area contributed by atoms with E-state index < -0.39 is 22.5 Å². The SMILES string of the molecule is CN(CC(=O)Oc1ccc2ccccc2c1Br)S(=O)(=O)c1ccccc1C#N. The summed E-state index contributed by atoms with van der Waals surface area (Å²) in [5.74, 6) is -0.441. The number of hydrogen-bond acceptors (Lipinski definition) is 5. The molecule has 6 nitrogen and oxygen atoms in total. The minimum Gasteiger partial charge on any atom is -0.424 e. The van der Waals surface area contributed by atoms with Gasteiger partial charge >= 0.3 is 5.97 Å². The predicted molar refractivity (Wildman–Crippen MR) is 108 cm³/mol. The van der Waals surface area contributed by atoms with Gasteiger partial charge in [-0.05, 0) is 44.9 Å². The molecule has 0 saturated heterocycles.